The van der Waals surface area contributed by atoms with Gasteiger partial charge in [0.1, 0.15) is 5.00 Å². The number of nitrogens with one attached hydrogen (secondary N) is 1. The number of hydrogen-bond acceptors (Lipinski definition) is 6. The zero-order valence-corrected chi connectivity index (χ0v) is 19.8. The van der Waals surface area contributed by atoms with Crippen molar-refractivity contribution in [3.05, 3.63) is 64.4 Å². The Morgan fingerprint density at radius 2 is 1.91 bits per heavy atom. The lowest BCUT2D eigenvalue weighted by atomic mass is 9.92. The lowest BCUT2D eigenvalue weighted by Crippen LogP contribution is -2.37. The van der Waals surface area contributed by atoms with Crippen LogP contribution in [0.15, 0.2) is 47.1 Å². The predicted octanol–water partition coefficient (Wildman–Crippen LogP) is 5.74. The molecule has 32 heavy (non-hydrogen) atoms. The van der Waals surface area contributed by atoms with Gasteiger partial charge in [0.05, 0.1) is 26.5 Å². The molecule has 0 aliphatic carbocycles. The zero-order chi connectivity index (χ0) is 22.7. The average molecular weight is 455 g/mol. The SMILES string of the molecule is COc1ccc(C(c2cc(C)sc2NC(=O)c2ccco2)N2CCC(C)CC2)cc1OC. The van der Waals surface area contributed by atoms with Crippen LogP contribution in [-0.4, -0.2) is 38.1 Å². The van der Waals surface area contributed by atoms with Crippen LogP contribution >= 0.6 is 11.3 Å². The van der Waals surface area contributed by atoms with Gasteiger partial charge in [0.25, 0.3) is 5.91 Å². The van der Waals surface area contributed by atoms with Gasteiger partial charge in [0, 0.05) is 10.4 Å². The van der Waals surface area contributed by atoms with Gasteiger partial charge >= 0.3 is 0 Å². The maximum atomic E-state index is 12.8. The zero-order valence-electron chi connectivity index (χ0n) is 19.0. The first-order valence-electron chi connectivity index (χ1n) is 10.9. The molecular formula is C25H30N2O4S. The van der Waals surface area contributed by atoms with E-state index in [1.165, 1.54) is 6.26 Å². The summed E-state index contributed by atoms with van der Waals surface area (Å²) in [5.74, 6) is 2.19. The van der Waals surface area contributed by atoms with Crippen molar-refractivity contribution in [3.8, 4) is 11.5 Å². The number of ether oxygens (including phenoxy) is 2. The van der Waals surface area contributed by atoms with Crippen LogP contribution in [0.1, 0.15) is 52.4 Å². The van der Waals surface area contributed by atoms with E-state index in [0.29, 0.717) is 17.3 Å². The van der Waals surface area contributed by atoms with Crippen molar-refractivity contribution in [1.82, 2.24) is 4.90 Å². The smallest absolute Gasteiger partial charge is 0.291 e. The van der Waals surface area contributed by atoms with Gasteiger partial charge < -0.3 is 19.2 Å². The topological polar surface area (TPSA) is 63.9 Å². The second kappa shape index (κ2) is 9.79. The van der Waals surface area contributed by atoms with Crippen LogP contribution in [-0.2, 0) is 0 Å². The van der Waals surface area contributed by atoms with Crippen molar-refractivity contribution < 1.29 is 18.7 Å². The van der Waals surface area contributed by atoms with E-state index in [0.717, 1.165) is 52.9 Å². The van der Waals surface area contributed by atoms with Crippen LogP contribution in [0.25, 0.3) is 0 Å². The van der Waals surface area contributed by atoms with E-state index >= 15 is 0 Å². The number of aryl methyl sites for hydroxylation is 1. The van der Waals surface area contributed by atoms with E-state index in [2.05, 4.69) is 36.2 Å². The van der Waals surface area contributed by atoms with Gasteiger partial charge in [-0.3, -0.25) is 9.69 Å². The molecule has 1 atom stereocenters. The molecule has 7 heteroatoms. The summed E-state index contributed by atoms with van der Waals surface area (Å²) in [7, 11) is 3.30. The van der Waals surface area contributed by atoms with Gasteiger partial charge in [-0.25, -0.2) is 0 Å². The lowest BCUT2D eigenvalue weighted by Gasteiger charge is -2.37. The molecule has 1 unspecified atom stereocenters. The van der Waals surface area contributed by atoms with E-state index < -0.39 is 0 Å². The summed E-state index contributed by atoms with van der Waals surface area (Å²) in [6.07, 6.45) is 3.82. The third-order valence-corrected chi connectivity index (χ3v) is 7.04. The molecule has 3 aromatic rings. The van der Waals surface area contributed by atoms with Crippen molar-refractivity contribution in [3.63, 3.8) is 0 Å². The molecule has 6 nitrogen and oxygen atoms in total. The van der Waals surface area contributed by atoms with Crippen LogP contribution in [0, 0.1) is 12.8 Å². The maximum absolute atomic E-state index is 12.8. The molecule has 1 aliphatic heterocycles. The number of carbonyl (C=O) groups excluding carboxylic acids is 1. The highest BCUT2D eigenvalue weighted by molar-refractivity contribution is 7.16. The summed E-state index contributed by atoms with van der Waals surface area (Å²) in [4.78, 5) is 16.4. The first kappa shape index (κ1) is 22.4. The minimum absolute atomic E-state index is 0.000780. The number of nitrogens with zero attached hydrogens (tertiary/aromatic N) is 1. The molecule has 0 saturated carbocycles. The van der Waals surface area contributed by atoms with E-state index in [-0.39, 0.29) is 11.9 Å². The van der Waals surface area contributed by atoms with Crippen molar-refractivity contribution in [2.45, 2.75) is 32.7 Å². The number of hydrogen-bond donors (Lipinski definition) is 1. The van der Waals surface area contributed by atoms with Gasteiger partial charge in [-0.1, -0.05) is 13.0 Å². The first-order chi connectivity index (χ1) is 15.5. The molecule has 4 rings (SSSR count). The molecule has 0 bridgehead atoms. The Hall–Kier alpha value is -2.77. The number of furan rings is 1. The van der Waals surface area contributed by atoms with E-state index in [9.17, 15) is 4.79 Å². The minimum atomic E-state index is -0.239. The summed E-state index contributed by atoms with van der Waals surface area (Å²) in [5, 5.41) is 3.94. The Balaban J connectivity index is 1.75. The monoisotopic (exact) mass is 454 g/mol. The summed E-state index contributed by atoms with van der Waals surface area (Å²) in [6.45, 7) is 6.38. The predicted molar refractivity (Wildman–Crippen MR) is 127 cm³/mol. The fraction of sp³-hybridized carbons (Fsp3) is 0.400. The van der Waals surface area contributed by atoms with Crippen molar-refractivity contribution in [1.29, 1.82) is 0 Å². The minimum Gasteiger partial charge on any atom is -0.493 e. The van der Waals surface area contributed by atoms with Gasteiger partial charge in [-0.05, 0) is 74.7 Å². The number of rotatable bonds is 7. The van der Waals surface area contributed by atoms with E-state index in [1.807, 2.05) is 12.1 Å². The Morgan fingerprint density at radius 1 is 1.16 bits per heavy atom. The lowest BCUT2D eigenvalue weighted by molar-refractivity contribution is 0.0996. The van der Waals surface area contributed by atoms with Crippen LogP contribution in [0.2, 0.25) is 0 Å². The molecule has 170 valence electrons. The molecular weight excluding hydrogens is 424 g/mol. The van der Waals surface area contributed by atoms with Crippen LogP contribution in [0.4, 0.5) is 5.00 Å². The Morgan fingerprint density at radius 3 is 2.56 bits per heavy atom. The number of methoxy groups -OCH3 is 2. The van der Waals surface area contributed by atoms with Crippen LogP contribution in [0.5, 0.6) is 11.5 Å². The number of amides is 1. The highest BCUT2D eigenvalue weighted by atomic mass is 32.1. The molecule has 2 aromatic heterocycles. The third-order valence-electron chi connectivity index (χ3n) is 6.06. The van der Waals surface area contributed by atoms with Crippen molar-refractivity contribution in [2.75, 3.05) is 32.6 Å². The standard InChI is InChI=1S/C25H30N2O4S/c1-16-9-11-27(12-10-16)23(18-7-8-20(29-3)22(15-18)30-4)19-14-17(2)32-25(19)26-24(28)21-6-5-13-31-21/h5-8,13-16,23H,9-12H2,1-4H3,(H,26,28). The highest BCUT2D eigenvalue weighted by Gasteiger charge is 2.30. The third kappa shape index (κ3) is 4.69. The molecule has 1 aliphatic rings. The first-order valence-corrected chi connectivity index (χ1v) is 11.7. The summed E-state index contributed by atoms with van der Waals surface area (Å²) >= 11 is 1.59. The summed E-state index contributed by atoms with van der Waals surface area (Å²) in [6, 6.07) is 11.7. The molecule has 0 radical (unpaired) electrons. The van der Waals surface area contributed by atoms with Gasteiger partial charge in [0.15, 0.2) is 17.3 Å². The van der Waals surface area contributed by atoms with Crippen LogP contribution < -0.4 is 14.8 Å². The fourth-order valence-corrected chi connectivity index (χ4v) is 5.24. The molecule has 1 saturated heterocycles. The summed E-state index contributed by atoms with van der Waals surface area (Å²) in [5.41, 5.74) is 2.21. The van der Waals surface area contributed by atoms with Gasteiger partial charge in [0.2, 0.25) is 0 Å². The van der Waals surface area contributed by atoms with Crippen molar-refractivity contribution >= 4 is 22.2 Å². The number of anilines is 1. The second-order valence-corrected chi connectivity index (χ2v) is 9.56. The number of thiophene rings is 1. The number of likely N-dealkylation sites (tertiary alicyclic amines) is 1. The second-order valence-electron chi connectivity index (χ2n) is 8.31. The van der Waals surface area contributed by atoms with Crippen LogP contribution in [0.3, 0.4) is 0 Å². The van der Waals surface area contributed by atoms with Gasteiger partial charge in [-0.15, -0.1) is 11.3 Å². The molecule has 1 amide bonds. The Kier molecular flexibility index (Phi) is 6.86. The fourth-order valence-electron chi connectivity index (χ4n) is 4.30. The average Bonchev–Trinajstić information content (AvgIpc) is 3.45. The molecule has 0 spiro atoms. The largest absolute Gasteiger partial charge is 0.493 e. The van der Waals surface area contributed by atoms with E-state index in [1.54, 1.807) is 37.7 Å². The van der Waals surface area contributed by atoms with Crippen molar-refractivity contribution in [2.24, 2.45) is 5.92 Å². The molecule has 1 fully saturated rings. The maximum Gasteiger partial charge on any atom is 0.291 e. The quantitative estimate of drug-likeness (QED) is 0.493. The number of piperidine rings is 1. The summed E-state index contributed by atoms with van der Waals surface area (Å²) < 4.78 is 16.3. The molecule has 1 N–H and O–H groups in total. The number of benzene rings is 1. The molecule has 1 aromatic carbocycles. The highest BCUT2D eigenvalue weighted by Crippen LogP contribution is 2.42. The Bertz CT molecular complexity index is 1050. The van der Waals surface area contributed by atoms with E-state index in [4.69, 9.17) is 13.9 Å². The van der Waals surface area contributed by atoms with Gasteiger partial charge in [-0.2, -0.15) is 0 Å². The normalized spacial score (nSPS) is 16.0. The Labute approximate surface area is 193 Å². The number of carbonyl (C=O) groups is 1. The molecule has 3 heterocycles.